The predicted octanol–water partition coefficient (Wildman–Crippen LogP) is 6.53. The third-order valence-electron chi connectivity index (χ3n) is 7.62. The number of anilines is 2. The van der Waals surface area contributed by atoms with Crippen LogP contribution in [-0.4, -0.2) is 54.0 Å². The molecule has 42 heavy (non-hydrogen) atoms. The summed E-state index contributed by atoms with van der Waals surface area (Å²) in [5.41, 5.74) is 9.55. The van der Waals surface area contributed by atoms with Gasteiger partial charge in [-0.2, -0.15) is 0 Å². The number of hydrogen-bond acceptors (Lipinski definition) is 6. The van der Waals surface area contributed by atoms with E-state index >= 15 is 4.39 Å². The number of nitrogens with two attached hydrogens (primary N) is 1. The van der Waals surface area contributed by atoms with E-state index in [-0.39, 0.29) is 40.1 Å². The number of nitrogens with one attached hydrogen (secondary N) is 1. The Hall–Kier alpha value is -3.54. The Morgan fingerprint density at radius 2 is 2.00 bits per heavy atom. The Morgan fingerprint density at radius 3 is 2.64 bits per heavy atom. The number of rotatable bonds is 9. The molecule has 2 heterocycles. The molecule has 0 radical (unpaired) electrons. The number of sulfonamides is 1. The second kappa shape index (κ2) is 12.0. The van der Waals surface area contributed by atoms with Crippen molar-refractivity contribution in [2.24, 2.45) is 0 Å². The number of imidazole rings is 1. The van der Waals surface area contributed by atoms with Crippen molar-refractivity contribution in [1.29, 1.82) is 0 Å². The molecule has 2 aromatic heterocycles. The van der Waals surface area contributed by atoms with E-state index in [1.54, 1.807) is 18.3 Å². The van der Waals surface area contributed by atoms with Gasteiger partial charge in [-0.25, -0.2) is 27.2 Å². The lowest BCUT2D eigenvalue weighted by molar-refractivity contribution is 0.211. The van der Waals surface area contributed by atoms with E-state index in [1.807, 2.05) is 30.2 Å². The summed E-state index contributed by atoms with van der Waals surface area (Å²) < 4.78 is 58.3. The summed E-state index contributed by atoms with van der Waals surface area (Å²) in [6.07, 6.45) is 6.35. The van der Waals surface area contributed by atoms with Crippen molar-refractivity contribution in [2.75, 3.05) is 30.7 Å². The van der Waals surface area contributed by atoms with Gasteiger partial charge in [0.25, 0.3) is 10.0 Å². The van der Waals surface area contributed by atoms with E-state index in [1.165, 1.54) is 30.3 Å². The van der Waals surface area contributed by atoms with Crippen LogP contribution in [0.5, 0.6) is 0 Å². The largest absolute Gasteiger partial charge is 0.382 e. The highest BCUT2D eigenvalue weighted by atomic mass is 35.5. The van der Waals surface area contributed by atoms with Crippen LogP contribution in [0, 0.1) is 5.82 Å². The predicted molar refractivity (Wildman–Crippen MR) is 163 cm³/mol. The highest BCUT2D eigenvalue weighted by molar-refractivity contribution is 7.92. The average Bonchev–Trinajstić information content (AvgIpc) is 3.37. The summed E-state index contributed by atoms with van der Waals surface area (Å²) in [5, 5.41) is 0.0295. The molecule has 1 aliphatic rings. The summed E-state index contributed by atoms with van der Waals surface area (Å²) in [5.74, 6) is 0.210. The molecule has 0 amide bonds. The molecule has 1 atom stereocenters. The van der Waals surface area contributed by atoms with Gasteiger partial charge in [0, 0.05) is 24.1 Å². The van der Waals surface area contributed by atoms with Gasteiger partial charge in [-0.05, 0) is 56.1 Å². The lowest BCUT2D eigenvalue weighted by Crippen LogP contribution is -2.34. The highest BCUT2D eigenvalue weighted by Gasteiger charge is 2.26. The van der Waals surface area contributed by atoms with Gasteiger partial charge in [0.05, 0.1) is 22.6 Å². The first-order valence-electron chi connectivity index (χ1n) is 13.7. The van der Waals surface area contributed by atoms with Gasteiger partial charge in [0.1, 0.15) is 40.2 Å². The van der Waals surface area contributed by atoms with Gasteiger partial charge in [-0.15, -0.1) is 0 Å². The number of nitrogens with zero attached hydrogens (tertiary/aromatic N) is 4. The standard InChI is InChI=1S/C30H33ClF2N6O2S/c1-18(2)30-36-27(20-10-13-24(23(33)16-20)37-42(40,41)26-7-5-4-6-22(26)31)28-29(34)35-17-25(39(28)30)19-8-11-21(12-9-19)38(3)15-14-32/h4-8,10,13,16-18,21,37H,9,11-12,14-15H2,1-3H3,(H2,34,35). The fourth-order valence-electron chi connectivity index (χ4n) is 5.36. The van der Waals surface area contributed by atoms with Crippen LogP contribution in [0.25, 0.3) is 22.3 Å². The molecule has 5 rings (SSSR count). The maximum atomic E-state index is 15.4. The molecule has 2 aromatic carbocycles. The number of aromatic nitrogens is 3. The molecule has 0 saturated carbocycles. The molecule has 4 aromatic rings. The Morgan fingerprint density at radius 1 is 1.24 bits per heavy atom. The Bertz CT molecular complexity index is 1770. The van der Waals surface area contributed by atoms with Gasteiger partial charge >= 0.3 is 0 Å². The summed E-state index contributed by atoms with van der Waals surface area (Å²) in [7, 11) is -2.18. The first-order valence-corrected chi connectivity index (χ1v) is 15.6. The quantitative estimate of drug-likeness (QED) is 0.222. The van der Waals surface area contributed by atoms with Crippen molar-refractivity contribution in [2.45, 2.75) is 50.0 Å². The number of nitrogen functional groups attached to an aromatic ring is 1. The molecule has 0 saturated heterocycles. The van der Waals surface area contributed by atoms with Crippen LogP contribution in [-0.2, 0) is 10.0 Å². The SMILES string of the molecule is CC(C)c1nc(-c2ccc(NS(=O)(=O)c3ccccc3Cl)c(F)c2)c2c(N)ncc(C3=CCC(N(C)CCF)CC3)n12. The summed E-state index contributed by atoms with van der Waals surface area (Å²) in [6, 6.07) is 10.4. The summed E-state index contributed by atoms with van der Waals surface area (Å²) >= 11 is 6.06. The molecule has 222 valence electrons. The van der Waals surface area contributed by atoms with E-state index in [9.17, 15) is 12.8 Å². The molecule has 0 fully saturated rings. The molecule has 0 bridgehead atoms. The monoisotopic (exact) mass is 614 g/mol. The number of hydrogen-bond donors (Lipinski definition) is 2. The first-order chi connectivity index (χ1) is 20.0. The van der Waals surface area contributed by atoms with Gasteiger partial charge < -0.3 is 10.6 Å². The van der Waals surface area contributed by atoms with E-state index in [0.29, 0.717) is 23.3 Å². The molecule has 3 N–H and O–H groups in total. The highest BCUT2D eigenvalue weighted by Crippen LogP contribution is 2.37. The second-order valence-corrected chi connectivity index (χ2v) is 12.8. The number of allylic oxidation sites excluding steroid dienone is 1. The van der Waals surface area contributed by atoms with Crippen LogP contribution in [0.2, 0.25) is 5.02 Å². The zero-order valence-electron chi connectivity index (χ0n) is 23.6. The van der Waals surface area contributed by atoms with Crippen molar-refractivity contribution in [3.63, 3.8) is 0 Å². The van der Waals surface area contributed by atoms with Crippen LogP contribution >= 0.6 is 11.6 Å². The maximum absolute atomic E-state index is 15.4. The Labute approximate surface area is 249 Å². The fourth-order valence-corrected chi connectivity index (χ4v) is 6.95. The van der Waals surface area contributed by atoms with Crippen molar-refractivity contribution in [3.8, 4) is 11.3 Å². The average molecular weight is 615 g/mol. The number of benzene rings is 2. The van der Waals surface area contributed by atoms with Crippen molar-refractivity contribution in [3.05, 3.63) is 77.1 Å². The maximum Gasteiger partial charge on any atom is 0.263 e. The molecule has 8 nitrogen and oxygen atoms in total. The minimum Gasteiger partial charge on any atom is -0.382 e. The normalized spacial score (nSPS) is 15.9. The molecular formula is C30H33ClF2N6O2S. The Balaban J connectivity index is 1.54. The first kappa shape index (κ1) is 29.9. The van der Waals surface area contributed by atoms with Gasteiger partial charge in [0.2, 0.25) is 0 Å². The topological polar surface area (TPSA) is 106 Å². The van der Waals surface area contributed by atoms with Crippen molar-refractivity contribution < 1.29 is 17.2 Å². The summed E-state index contributed by atoms with van der Waals surface area (Å²) in [6.45, 7) is 4.06. The third kappa shape index (κ3) is 5.73. The molecule has 12 heteroatoms. The van der Waals surface area contributed by atoms with Crippen LogP contribution < -0.4 is 10.5 Å². The molecule has 1 aliphatic carbocycles. The third-order valence-corrected chi connectivity index (χ3v) is 9.48. The minimum atomic E-state index is -4.12. The van der Waals surface area contributed by atoms with Gasteiger partial charge in [-0.1, -0.05) is 49.7 Å². The zero-order valence-corrected chi connectivity index (χ0v) is 25.2. The molecule has 0 aliphatic heterocycles. The second-order valence-electron chi connectivity index (χ2n) is 10.7. The number of alkyl halides is 1. The number of fused-ring (bicyclic) bond motifs is 1. The van der Waals surface area contributed by atoms with Crippen LogP contribution in [0.15, 0.2) is 59.6 Å². The number of halogens is 3. The zero-order chi connectivity index (χ0) is 30.2. The smallest absolute Gasteiger partial charge is 0.263 e. The summed E-state index contributed by atoms with van der Waals surface area (Å²) in [4.78, 5) is 11.3. The van der Waals surface area contributed by atoms with Crippen LogP contribution in [0.3, 0.4) is 0 Å². The van der Waals surface area contributed by atoms with E-state index in [0.717, 1.165) is 36.4 Å². The van der Waals surface area contributed by atoms with Crippen molar-refractivity contribution in [1.82, 2.24) is 19.3 Å². The van der Waals surface area contributed by atoms with Crippen molar-refractivity contribution >= 4 is 44.2 Å². The lowest BCUT2D eigenvalue weighted by Gasteiger charge is -2.30. The van der Waals surface area contributed by atoms with E-state index in [2.05, 4.69) is 15.8 Å². The van der Waals surface area contributed by atoms with E-state index in [4.69, 9.17) is 22.3 Å². The van der Waals surface area contributed by atoms with Gasteiger partial charge in [-0.3, -0.25) is 9.12 Å². The lowest BCUT2D eigenvalue weighted by atomic mass is 9.92. The molecular weight excluding hydrogens is 582 g/mol. The fraction of sp³-hybridized carbons (Fsp3) is 0.333. The Kier molecular flexibility index (Phi) is 8.54. The van der Waals surface area contributed by atoms with E-state index < -0.39 is 15.8 Å². The van der Waals surface area contributed by atoms with Crippen LogP contribution in [0.4, 0.5) is 20.3 Å². The molecule has 0 spiro atoms. The van der Waals surface area contributed by atoms with Gasteiger partial charge in [0.15, 0.2) is 0 Å². The molecule has 1 unspecified atom stereocenters. The van der Waals surface area contributed by atoms with Crippen LogP contribution in [0.1, 0.15) is 50.5 Å². The minimum absolute atomic E-state index is 0.00553.